The maximum atomic E-state index is 11.3. The number of nitrogens with zero attached hydrogens (tertiary/aromatic N) is 1. The van der Waals surface area contributed by atoms with Crippen LogP contribution >= 0.6 is 0 Å². The highest BCUT2D eigenvalue weighted by Gasteiger charge is 2.25. The van der Waals surface area contributed by atoms with Gasteiger partial charge in [-0.1, -0.05) is 6.92 Å². The Labute approximate surface area is 86.8 Å². The van der Waals surface area contributed by atoms with E-state index in [4.69, 9.17) is 5.73 Å². The highest BCUT2D eigenvalue weighted by Crippen LogP contribution is 2.12. The first-order valence-electron chi connectivity index (χ1n) is 5.13. The largest absolute Gasteiger partial charge is 0.358 e. The quantitative estimate of drug-likeness (QED) is 0.644. The fourth-order valence-corrected chi connectivity index (χ4v) is 1.25. The van der Waals surface area contributed by atoms with Crippen molar-refractivity contribution in [3.8, 4) is 0 Å². The third-order valence-corrected chi connectivity index (χ3v) is 2.46. The van der Waals surface area contributed by atoms with E-state index in [-0.39, 0.29) is 11.4 Å². The van der Waals surface area contributed by atoms with E-state index in [0.29, 0.717) is 13.1 Å². The predicted octanol–water partition coefficient (Wildman–Crippen LogP) is 0.182. The zero-order chi connectivity index (χ0) is 11.2. The first-order chi connectivity index (χ1) is 6.47. The van der Waals surface area contributed by atoms with Crippen molar-refractivity contribution in [2.75, 3.05) is 26.7 Å². The summed E-state index contributed by atoms with van der Waals surface area (Å²) in [5, 5.41) is 2.63. The number of rotatable bonds is 6. The molecule has 0 saturated heterocycles. The van der Waals surface area contributed by atoms with Crippen molar-refractivity contribution in [2.45, 2.75) is 32.7 Å². The summed E-state index contributed by atoms with van der Waals surface area (Å²) in [6, 6.07) is 0. The minimum absolute atomic E-state index is 0.0416. The Balaban J connectivity index is 4.35. The van der Waals surface area contributed by atoms with Crippen molar-refractivity contribution in [1.82, 2.24) is 10.2 Å². The number of nitrogens with two attached hydrogens (primary N) is 1. The van der Waals surface area contributed by atoms with Crippen LogP contribution in [-0.2, 0) is 4.79 Å². The van der Waals surface area contributed by atoms with Crippen molar-refractivity contribution in [3.63, 3.8) is 0 Å². The summed E-state index contributed by atoms with van der Waals surface area (Å²) in [6.07, 6.45) is 1.03. The zero-order valence-corrected chi connectivity index (χ0v) is 9.76. The molecule has 84 valence electrons. The number of likely N-dealkylation sites (N-methyl/N-ethyl adjacent to an activating group) is 1. The van der Waals surface area contributed by atoms with Crippen LogP contribution < -0.4 is 11.1 Å². The van der Waals surface area contributed by atoms with Crippen LogP contribution in [0.5, 0.6) is 0 Å². The molecular weight excluding hydrogens is 178 g/mol. The van der Waals surface area contributed by atoms with E-state index in [1.807, 2.05) is 0 Å². The second kappa shape index (κ2) is 5.98. The Morgan fingerprint density at radius 1 is 1.50 bits per heavy atom. The van der Waals surface area contributed by atoms with Gasteiger partial charge >= 0.3 is 0 Å². The monoisotopic (exact) mass is 201 g/mol. The van der Waals surface area contributed by atoms with Crippen LogP contribution in [-0.4, -0.2) is 43.0 Å². The van der Waals surface area contributed by atoms with E-state index < -0.39 is 0 Å². The van der Waals surface area contributed by atoms with Crippen molar-refractivity contribution < 1.29 is 4.79 Å². The number of carbonyl (C=O) groups is 1. The van der Waals surface area contributed by atoms with Crippen molar-refractivity contribution in [3.05, 3.63) is 0 Å². The van der Waals surface area contributed by atoms with E-state index in [9.17, 15) is 4.79 Å². The maximum Gasteiger partial charge on any atom is 0.233 e. The van der Waals surface area contributed by atoms with Crippen LogP contribution in [0.3, 0.4) is 0 Å². The second-order valence-corrected chi connectivity index (χ2v) is 4.11. The minimum Gasteiger partial charge on any atom is -0.358 e. The average molecular weight is 201 g/mol. The molecule has 0 fully saturated rings. The molecule has 0 spiro atoms. The lowest BCUT2D eigenvalue weighted by molar-refractivity contribution is -0.123. The molecule has 4 heteroatoms. The molecule has 3 N–H and O–H groups in total. The third-order valence-electron chi connectivity index (χ3n) is 2.46. The van der Waals surface area contributed by atoms with E-state index in [0.717, 1.165) is 13.0 Å². The Hall–Kier alpha value is -0.610. The van der Waals surface area contributed by atoms with Gasteiger partial charge in [-0.3, -0.25) is 9.69 Å². The van der Waals surface area contributed by atoms with Crippen molar-refractivity contribution in [1.29, 1.82) is 0 Å². The standard InChI is InChI=1S/C10H23N3O/c1-5-6-13(7-9(14)12-4)10(2,3)8-11/h5-8,11H2,1-4H3,(H,12,14). The number of amides is 1. The van der Waals surface area contributed by atoms with Crippen LogP contribution in [0.2, 0.25) is 0 Å². The fraction of sp³-hybridized carbons (Fsp3) is 0.900. The van der Waals surface area contributed by atoms with Gasteiger partial charge in [0, 0.05) is 19.1 Å². The molecule has 0 rings (SSSR count). The summed E-state index contributed by atoms with van der Waals surface area (Å²) in [5.41, 5.74) is 5.57. The third kappa shape index (κ3) is 4.07. The van der Waals surface area contributed by atoms with Gasteiger partial charge in [0.25, 0.3) is 0 Å². The summed E-state index contributed by atoms with van der Waals surface area (Å²) < 4.78 is 0. The summed E-state index contributed by atoms with van der Waals surface area (Å²) in [7, 11) is 1.65. The van der Waals surface area contributed by atoms with Crippen LogP contribution in [0.25, 0.3) is 0 Å². The Morgan fingerprint density at radius 3 is 2.43 bits per heavy atom. The topological polar surface area (TPSA) is 58.4 Å². The van der Waals surface area contributed by atoms with Crippen LogP contribution in [0.15, 0.2) is 0 Å². The van der Waals surface area contributed by atoms with Gasteiger partial charge in [0.2, 0.25) is 5.91 Å². The minimum atomic E-state index is -0.109. The lowest BCUT2D eigenvalue weighted by Crippen LogP contribution is -2.52. The lowest BCUT2D eigenvalue weighted by atomic mass is 10.0. The summed E-state index contributed by atoms with van der Waals surface area (Å²) in [4.78, 5) is 13.4. The Kier molecular flexibility index (Phi) is 5.72. The normalized spacial score (nSPS) is 11.9. The van der Waals surface area contributed by atoms with Gasteiger partial charge in [0.1, 0.15) is 0 Å². The average Bonchev–Trinajstić information content (AvgIpc) is 2.17. The number of nitrogens with one attached hydrogen (secondary N) is 1. The summed E-state index contributed by atoms with van der Waals surface area (Å²) in [6.45, 7) is 8.11. The van der Waals surface area contributed by atoms with Gasteiger partial charge in [-0.15, -0.1) is 0 Å². The van der Waals surface area contributed by atoms with E-state index in [1.54, 1.807) is 7.05 Å². The molecule has 0 aliphatic carbocycles. The zero-order valence-electron chi connectivity index (χ0n) is 9.76. The molecule has 0 bridgehead atoms. The van der Waals surface area contributed by atoms with Gasteiger partial charge in [-0.25, -0.2) is 0 Å². The van der Waals surface area contributed by atoms with Crippen LogP contribution in [0.1, 0.15) is 27.2 Å². The molecule has 0 saturated carbocycles. The molecule has 0 heterocycles. The molecule has 0 aliphatic rings. The lowest BCUT2D eigenvalue weighted by Gasteiger charge is -2.36. The number of hydrogen-bond acceptors (Lipinski definition) is 3. The molecule has 4 nitrogen and oxygen atoms in total. The Bertz CT molecular complexity index is 180. The highest BCUT2D eigenvalue weighted by atomic mass is 16.1. The van der Waals surface area contributed by atoms with Gasteiger partial charge in [0.05, 0.1) is 6.54 Å². The molecule has 0 aromatic carbocycles. The highest BCUT2D eigenvalue weighted by molar-refractivity contribution is 5.77. The molecule has 0 unspecified atom stereocenters. The molecule has 1 amide bonds. The SMILES string of the molecule is CCCN(CC(=O)NC)C(C)(C)CN. The van der Waals surface area contributed by atoms with Crippen LogP contribution in [0.4, 0.5) is 0 Å². The van der Waals surface area contributed by atoms with Gasteiger partial charge in [-0.05, 0) is 26.8 Å². The molecule has 0 aliphatic heterocycles. The maximum absolute atomic E-state index is 11.3. The molecule has 0 atom stereocenters. The van der Waals surface area contributed by atoms with E-state index in [2.05, 4.69) is 31.0 Å². The van der Waals surface area contributed by atoms with Gasteiger partial charge in [-0.2, -0.15) is 0 Å². The van der Waals surface area contributed by atoms with E-state index in [1.165, 1.54) is 0 Å². The molecular formula is C10H23N3O. The molecule has 0 aromatic heterocycles. The first kappa shape index (κ1) is 13.4. The predicted molar refractivity (Wildman–Crippen MR) is 59.1 cm³/mol. The van der Waals surface area contributed by atoms with Gasteiger partial charge < -0.3 is 11.1 Å². The van der Waals surface area contributed by atoms with Crippen molar-refractivity contribution >= 4 is 5.91 Å². The van der Waals surface area contributed by atoms with Crippen LogP contribution in [0, 0.1) is 0 Å². The fourth-order valence-electron chi connectivity index (χ4n) is 1.25. The van der Waals surface area contributed by atoms with Gasteiger partial charge in [0.15, 0.2) is 0 Å². The Morgan fingerprint density at radius 2 is 2.07 bits per heavy atom. The van der Waals surface area contributed by atoms with E-state index >= 15 is 0 Å². The summed E-state index contributed by atoms with van der Waals surface area (Å²) >= 11 is 0. The molecule has 0 radical (unpaired) electrons. The molecule has 14 heavy (non-hydrogen) atoms. The second-order valence-electron chi connectivity index (χ2n) is 4.11. The smallest absolute Gasteiger partial charge is 0.233 e. The van der Waals surface area contributed by atoms with Crippen molar-refractivity contribution in [2.24, 2.45) is 5.73 Å². The molecule has 0 aromatic rings. The number of carbonyl (C=O) groups excluding carboxylic acids is 1. The summed E-state index contributed by atoms with van der Waals surface area (Å²) in [5.74, 6) is 0.0416. The first-order valence-corrected chi connectivity index (χ1v) is 5.13. The number of hydrogen-bond donors (Lipinski definition) is 2.